The molecule has 28 heavy (non-hydrogen) atoms. The molecule has 1 fully saturated rings. The average molecular weight is 569 g/mol. The van der Waals surface area contributed by atoms with Gasteiger partial charge in [0.15, 0.2) is 5.96 Å². The van der Waals surface area contributed by atoms with Crippen LogP contribution in [-0.2, 0) is 9.47 Å². The van der Waals surface area contributed by atoms with Gasteiger partial charge in [0.25, 0.3) is 0 Å². The van der Waals surface area contributed by atoms with Gasteiger partial charge in [-0.25, -0.2) is 0 Å². The van der Waals surface area contributed by atoms with Gasteiger partial charge in [-0.05, 0) is 49.9 Å². The number of hydrogen-bond donors (Lipinski definition) is 2. The van der Waals surface area contributed by atoms with Crippen molar-refractivity contribution in [2.45, 2.75) is 19.8 Å². The fraction of sp³-hybridized carbons (Fsp3) is 0.650. The quantitative estimate of drug-likeness (QED) is 0.185. The SMILES string of the molecule is CCNC(=NCC1CCN(c2ccc(Br)cc2)C1)NCCCOCCOC.I. The minimum Gasteiger partial charge on any atom is -0.382 e. The molecule has 1 atom stereocenters. The third kappa shape index (κ3) is 9.76. The second-order valence-electron chi connectivity index (χ2n) is 6.68. The van der Waals surface area contributed by atoms with Crippen molar-refractivity contribution in [2.75, 3.05) is 64.6 Å². The van der Waals surface area contributed by atoms with Crippen molar-refractivity contribution in [3.05, 3.63) is 28.7 Å². The number of nitrogens with one attached hydrogen (secondary N) is 2. The van der Waals surface area contributed by atoms with E-state index in [2.05, 4.69) is 62.7 Å². The van der Waals surface area contributed by atoms with Crippen molar-refractivity contribution in [3.8, 4) is 0 Å². The highest BCUT2D eigenvalue weighted by Crippen LogP contribution is 2.25. The second-order valence-corrected chi connectivity index (χ2v) is 7.60. The molecule has 0 bridgehead atoms. The summed E-state index contributed by atoms with van der Waals surface area (Å²) in [5.74, 6) is 1.50. The molecule has 0 spiro atoms. The summed E-state index contributed by atoms with van der Waals surface area (Å²) in [7, 11) is 1.69. The van der Waals surface area contributed by atoms with Crippen LogP contribution in [0.5, 0.6) is 0 Å². The zero-order valence-electron chi connectivity index (χ0n) is 17.0. The zero-order valence-corrected chi connectivity index (χ0v) is 20.9. The molecule has 0 saturated carbocycles. The molecule has 160 valence electrons. The summed E-state index contributed by atoms with van der Waals surface area (Å²) in [6.07, 6.45) is 2.14. The van der Waals surface area contributed by atoms with E-state index in [9.17, 15) is 0 Å². The van der Waals surface area contributed by atoms with E-state index in [0.717, 1.165) is 56.2 Å². The molecule has 1 aromatic rings. The summed E-state index contributed by atoms with van der Waals surface area (Å²) in [5.41, 5.74) is 1.29. The van der Waals surface area contributed by atoms with Crippen LogP contribution in [0.2, 0.25) is 0 Å². The van der Waals surface area contributed by atoms with Crippen LogP contribution >= 0.6 is 39.9 Å². The lowest BCUT2D eigenvalue weighted by Crippen LogP contribution is -2.38. The number of anilines is 1. The van der Waals surface area contributed by atoms with E-state index >= 15 is 0 Å². The number of ether oxygens (including phenoxy) is 2. The maximum atomic E-state index is 5.48. The topological polar surface area (TPSA) is 58.1 Å². The minimum absolute atomic E-state index is 0. The first-order valence-corrected chi connectivity index (χ1v) is 10.6. The minimum atomic E-state index is 0. The van der Waals surface area contributed by atoms with Crippen LogP contribution < -0.4 is 15.5 Å². The number of nitrogens with zero attached hydrogens (tertiary/aromatic N) is 2. The van der Waals surface area contributed by atoms with Crippen LogP contribution in [0.1, 0.15) is 19.8 Å². The van der Waals surface area contributed by atoms with Gasteiger partial charge >= 0.3 is 0 Å². The Kier molecular flexibility index (Phi) is 13.9. The number of rotatable bonds is 11. The van der Waals surface area contributed by atoms with E-state index in [-0.39, 0.29) is 24.0 Å². The lowest BCUT2D eigenvalue weighted by Gasteiger charge is -2.18. The molecule has 0 aliphatic carbocycles. The molecule has 0 amide bonds. The molecule has 1 aliphatic heterocycles. The molecule has 1 saturated heterocycles. The zero-order chi connectivity index (χ0) is 19.3. The molecule has 8 heteroatoms. The summed E-state index contributed by atoms with van der Waals surface area (Å²) in [6.45, 7) is 8.88. The van der Waals surface area contributed by atoms with Crippen molar-refractivity contribution in [1.82, 2.24) is 10.6 Å². The molecule has 6 nitrogen and oxygen atoms in total. The third-order valence-electron chi connectivity index (χ3n) is 4.52. The van der Waals surface area contributed by atoms with Crippen LogP contribution in [0, 0.1) is 5.92 Å². The maximum Gasteiger partial charge on any atom is 0.191 e. The highest BCUT2D eigenvalue weighted by Gasteiger charge is 2.22. The fourth-order valence-electron chi connectivity index (χ4n) is 3.06. The van der Waals surface area contributed by atoms with Crippen molar-refractivity contribution in [1.29, 1.82) is 0 Å². The molecular formula is C20H34BrIN4O2. The van der Waals surface area contributed by atoms with Gasteiger partial charge in [-0.1, -0.05) is 15.9 Å². The first-order valence-electron chi connectivity index (χ1n) is 9.82. The first kappa shape index (κ1) is 25.5. The predicted molar refractivity (Wildman–Crippen MR) is 131 cm³/mol. The van der Waals surface area contributed by atoms with Crippen LogP contribution in [0.15, 0.2) is 33.7 Å². The Labute approximate surface area is 195 Å². The molecule has 1 aliphatic rings. The Balaban J connectivity index is 0.00000392. The predicted octanol–water partition coefficient (Wildman–Crippen LogP) is 3.50. The van der Waals surface area contributed by atoms with Crippen molar-refractivity contribution >= 4 is 51.6 Å². The number of halogens is 2. The standard InChI is InChI=1S/C20H33BrN4O2.HI/c1-3-22-20(23-10-4-12-27-14-13-26-2)24-15-17-9-11-25(16-17)19-7-5-18(21)6-8-19;/h5-8,17H,3-4,9-16H2,1-2H3,(H2,22,23,24);1H. The summed E-state index contributed by atoms with van der Waals surface area (Å²) in [6, 6.07) is 8.56. The number of hydrogen-bond acceptors (Lipinski definition) is 4. The molecule has 1 unspecified atom stereocenters. The Morgan fingerprint density at radius 3 is 2.71 bits per heavy atom. The van der Waals surface area contributed by atoms with Crippen molar-refractivity contribution in [3.63, 3.8) is 0 Å². The van der Waals surface area contributed by atoms with Gasteiger partial charge in [-0.2, -0.15) is 0 Å². The summed E-state index contributed by atoms with van der Waals surface area (Å²) in [5, 5.41) is 6.72. The fourth-order valence-corrected chi connectivity index (χ4v) is 3.32. The van der Waals surface area contributed by atoms with E-state index < -0.39 is 0 Å². The Hall–Kier alpha value is -0.580. The van der Waals surface area contributed by atoms with Crippen molar-refractivity contribution in [2.24, 2.45) is 10.9 Å². The van der Waals surface area contributed by atoms with E-state index in [1.165, 1.54) is 12.1 Å². The monoisotopic (exact) mass is 568 g/mol. The second kappa shape index (κ2) is 15.3. The summed E-state index contributed by atoms with van der Waals surface area (Å²) >= 11 is 3.50. The largest absolute Gasteiger partial charge is 0.382 e. The molecule has 2 rings (SSSR count). The van der Waals surface area contributed by atoms with Crippen LogP contribution in [0.3, 0.4) is 0 Å². The molecule has 0 aromatic heterocycles. The van der Waals surface area contributed by atoms with Gasteiger partial charge in [0.05, 0.1) is 13.2 Å². The van der Waals surface area contributed by atoms with Crippen LogP contribution in [0.4, 0.5) is 5.69 Å². The Bertz CT molecular complexity index is 560. The molecular weight excluding hydrogens is 535 g/mol. The van der Waals surface area contributed by atoms with Gasteiger partial charge in [-0.15, -0.1) is 24.0 Å². The van der Waals surface area contributed by atoms with Gasteiger partial charge in [0.1, 0.15) is 0 Å². The molecule has 0 radical (unpaired) electrons. The van der Waals surface area contributed by atoms with Gasteiger partial charge in [0, 0.05) is 56.6 Å². The lowest BCUT2D eigenvalue weighted by atomic mass is 10.1. The Morgan fingerprint density at radius 1 is 1.21 bits per heavy atom. The highest BCUT2D eigenvalue weighted by molar-refractivity contribution is 14.0. The average Bonchev–Trinajstić information content (AvgIpc) is 3.15. The van der Waals surface area contributed by atoms with E-state index in [0.29, 0.717) is 19.1 Å². The van der Waals surface area contributed by atoms with Crippen molar-refractivity contribution < 1.29 is 9.47 Å². The number of guanidine groups is 1. The third-order valence-corrected chi connectivity index (χ3v) is 5.05. The molecule has 2 N–H and O–H groups in total. The van der Waals surface area contributed by atoms with E-state index in [4.69, 9.17) is 14.5 Å². The van der Waals surface area contributed by atoms with Crippen LogP contribution in [-0.4, -0.2) is 65.6 Å². The molecule has 1 heterocycles. The van der Waals surface area contributed by atoms with E-state index in [1.54, 1.807) is 7.11 Å². The van der Waals surface area contributed by atoms with E-state index in [1.807, 2.05) is 0 Å². The lowest BCUT2D eigenvalue weighted by molar-refractivity contribution is 0.0698. The van der Waals surface area contributed by atoms with Gasteiger partial charge in [0.2, 0.25) is 0 Å². The Morgan fingerprint density at radius 2 is 2.00 bits per heavy atom. The van der Waals surface area contributed by atoms with Gasteiger partial charge < -0.3 is 25.0 Å². The molecule has 1 aromatic carbocycles. The van der Waals surface area contributed by atoms with Crippen LogP contribution in [0.25, 0.3) is 0 Å². The normalized spacial score (nSPS) is 16.8. The van der Waals surface area contributed by atoms with Gasteiger partial charge in [-0.3, -0.25) is 4.99 Å². The number of aliphatic imine (C=N–C) groups is 1. The summed E-state index contributed by atoms with van der Waals surface area (Å²) < 4.78 is 11.6. The first-order chi connectivity index (χ1) is 13.2. The number of methoxy groups -OCH3 is 1. The number of benzene rings is 1. The smallest absolute Gasteiger partial charge is 0.191 e. The summed E-state index contributed by atoms with van der Waals surface area (Å²) in [4.78, 5) is 7.23. The highest BCUT2D eigenvalue weighted by atomic mass is 127. The maximum absolute atomic E-state index is 5.48.